The Morgan fingerprint density at radius 2 is 1.88 bits per heavy atom. The molecule has 5 heteroatoms. The number of aromatic nitrogens is 1. The van der Waals surface area contributed by atoms with Crippen molar-refractivity contribution < 1.29 is 18.7 Å². The molecule has 0 aliphatic heterocycles. The molecule has 0 unspecified atom stereocenters. The van der Waals surface area contributed by atoms with Gasteiger partial charge in [0, 0.05) is 17.0 Å². The summed E-state index contributed by atoms with van der Waals surface area (Å²) in [6.07, 6.45) is 2.98. The molecule has 0 aliphatic carbocycles. The van der Waals surface area contributed by atoms with Crippen molar-refractivity contribution in [3.8, 4) is 0 Å². The molecule has 3 nitrogen and oxygen atoms in total. The van der Waals surface area contributed by atoms with Gasteiger partial charge in [-0.05, 0) is 42.8 Å². The summed E-state index contributed by atoms with van der Waals surface area (Å²) in [6.45, 7) is 1.66. The van der Waals surface area contributed by atoms with Gasteiger partial charge in [0.05, 0.1) is 16.8 Å². The maximum Gasteiger partial charge on any atom is 0.336 e. The third-order valence-corrected chi connectivity index (χ3v) is 3.77. The molecule has 0 saturated heterocycles. The Bertz CT molecular complexity index is 981. The predicted octanol–water partition coefficient (Wildman–Crippen LogP) is 4.69. The summed E-state index contributed by atoms with van der Waals surface area (Å²) in [5, 5.41) is 10.0. The van der Waals surface area contributed by atoms with Gasteiger partial charge in [0.15, 0.2) is 0 Å². The molecule has 0 amide bonds. The minimum absolute atomic E-state index is 0.167. The normalized spacial score (nSPS) is 11.3. The molecule has 3 rings (SSSR count). The molecule has 1 heterocycles. The number of pyridine rings is 1. The van der Waals surface area contributed by atoms with E-state index in [0.717, 1.165) is 12.1 Å². The van der Waals surface area contributed by atoms with Gasteiger partial charge in [0.25, 0.3) is 0 Å². The first-order chi connectivity index (χ1) is 11.5. The number of halogens is 2. The topological polar surface area (TPSA) is 50.2 Å². The van der Waals surface area contributed by atoms with E-state index in [-0.39, 0.29) is 11.1 Å². The van der Waals surface area contributed by atoms with Crippen molar-refractivity contribution in [2.75, 3.05) is 0 Å². The zero-order chi connectivity index (χ0) is 17.3. The molecular formula is C19H13F2NO2. The molecule has 0 fully saturated rings. The minimum Gasteiger partial charge on any atom is -0.478 e. The number of rotatable bonds is 3. The number of benzene rings is 2. The van der Waals surface area contributed by atoms with Gasteiger partial charge in [-0.1, -0.05) is 18.2 Å². The summed E-state index contributed by atoms with van der Waals surface area (Å²) in [4.78, 5) is 16.0. The van der Waals surface area contributed by atoms with Crippen LogP contribution in [-0.4, -0.2) is 16.1 Å². The minimum atomic E-state index is -1.05. The van der Waals surface area contributed by atoms with Gasteiger partial charge in [-0.2, -0.15) is 0 Å². The van der Waals surface area contributed by atoms with E-state index >= 15 is 0 Å². The first kappa shape index (κ1) is 15.8. The average molecular weight is 325 g/mol. The van der Waals surface area contributed by atoms with Gasteiger partial charge in [0.1, 0.15) is 11.6 Å². The van der Waals surface area contributed by atoms with E-state index in [2.05, 4.69) is 4.98 Å². The number of para-hydroxylation sites is 1. The Morgan fingerprint density at radius 3 is 2.58 bits per heavy atom. The van der Waals surface area contributed by atoms with Crippen LogP contribution in [0.3, 0.4) is 0 Å². The average Bonchev–Trinajstić information content (AvgIpc) is 2.53. The Morgan fingerprint density at radius 1 is 1.12 bits per heavy atom. The summed E-state index contributed by atoms with van der Waals surface area (Å²) < 4.78 is 26.7. The van der Waals surface area contributed by atoms with Crippen molar-refractivity contribution in [3.05, 3.63) is 76.5 Å². The number of nitrogens with zero attached hydrogens (tertiary/aromatic N) is 1. The third kappa shape index (κ3) is 2.88. The summed E-state index contributed by atoms with van der Waals surface area (Å²) in [5.74, 6) is -2.39. The zero-order valence-electron chi connectivity index (χ0n) is 12.8. The molecule has 0 bridgehead atoms. The number of carbonyl (C=O) groups is 1. The van der Waals surface area contributed by atoms with Crippen molar-refractivity contribution in [2.24, 2.45) is 0 Å². The van der Waals surface area contributed by atoms with Crippen molar-refractivity contribution in [2.45, 2.75) is 6.92 Å². The maximum atomic E-state index is 13.7. The highest BCUT2D eigenvalue weighted by Gasteiger charge is 2.15. The summed E-state index contributed by atoms with van der Waals surface area (Å²) in [5.41, 5.74) is 1.82. The van der Waals surface area contributed by atoms with Crippen molar-refractivity contribution in [3.63, 3.8) is 0 Å². The van der Waals surface area contributed by atoms with Crippen LogP contribution in [0.25, 0.3) is 23.1 Å². The second-order valence-electron chi connectivity index (χ2n) is 5.32. The number of carboxylic acids is 1. The van der Waals surface area contributed by atoms with Crippen LogP contribution in [0.1, 0.15) is 27.2 Å². The van der Waals surface area contributed by atoms with E-state index in [1.54, 1.807) is 31.2 Å². The molecule has 1 aromatic heterocycles. The van der Waals surface area contributed by atoms with Crippen LogP contribution < -0.4 is 0 Å². The van der Waals surface area contributed by atoms with Crippen LogP contribution in [0.4, 0.5) is 8.78 Å². The van der Waals surface area contributed by atoms with Gasteiger partial charge >= 0.3 is 5.97 Å². The van der Waals surface area contributed by atoms with E-state index in [1.165, 1.54) is 18.2 Å². The lowest BCUT2D eigenvalue weighted by Crippen LogP contribution is -2.04. The highest BCUT2D eigenvalue weighted by molar-refractivity contribution is 6.04. The molecule has 2 aromatic carbocycles. The van der Waals surface area contributed by atoms with Crippen LogP contribution in [0.15, 0.2) is 42.5 Å². The van der Waals surface area contributed by atoms with E-state index in [4.69, 9.17) is 0 Å². The summed E-state index contributed by atoms with van der Waals surface area (Å²) in [7, 11) is 0. The number of fused-ring (bicyclic) bond motifs is 1. The SMILES string of the molecule is Cc1c(C=Cc2ccc(F)cc2F)nc2ccccc2c1C(=O)O. The number of aromatic carboxylic acids is 1. The van der Waals surface area contributed by atoms with E-state index in [9.17, 15) is 18.7 Å². The lowest BCUT2D eigenvalue weighted by atomic mass is 10.0. The van der Waals surface area contributed by atoms with Crippen LogP contribution >= 0.6 is 0 Å². The number of hydrogen-bond donors (Lipinski definition) is 1. The first-order valence-corrected chi connectivity index (χ1v) is 7.23. The number of hydrogen-bond acceptors (Lipinski definition) is 2. The lowest BCUT2D eigenvalue weighted by molar-refractivity contribution is 0.0698. The van der Waals surface area contributed by atoms with Crippen molar-refractivity contribution in [1.82, 2.24) is 4.98 Å². The maximum absolute atomic E-state index is 13.7. The van der Waals surface area contributed by atoms with E-state index in [1.807, 2.05) is 0 Å². The zero-order valence-corrected chi connectivity index (χ0v) is 12.8. The largest absolute Gasteiger partial charge is 0.478 e. The monoisotopic (exact) mass is 325 g/mol. The fourth-order valence-electron chi connectivity index (χ4n) is 2.57. The van der Waals surface area contributed by atoms with E-state index < -0.39 is 17.6 Å². The van der Waals surface area contributed by atoms with Gasteiger partial charge in [0.2, 0.25) is 0 Å². The number of carboxylic acid groups (broad SMARTS) is 1. The fraction of sp³-hybridized carbons (Fsp3) is 0.0526. The van der Waals surface area contributed by atoms with E-state index in [0.29, 0.717) is 22.2 Å². The molecule has 1 N–H and O–H groups in total. The summed E-state index contributed by atoms with van der Waals surface area (Å²) in [6, 6.07) is 10.2. The molecule has 0 atom stereocenters. The van der Waals surface area contributed by atoms with Crippen LogP contribution in [0, 0.1) is 18.6 Å². The van der Waals surface area contributed by atoms with Crippen LogP contribution in [-0.2, 0) is 0 Å². The smallest absolute Gasteiger partial charge is 0.336 e. The molecule has 120 valence electrons. The van der Waals surface area contributed by atoms with Gasteiger partial charge in [-0.3, -0.25) is 0 Å². The fourth-order valence-corrected chi connectivity index (χ4v) is 2.57. The molecule has 0 aliphatic rings. The Balaban J connectivity index is 2.14. The summed E-state index contributed by atoms with van der Waals surface area (Å²) >= 11 is 0. The Hall–Kier alpha value is -3.08. The molecule has 0 spiro atoms. The van der Waals surface area contributed by atoms with Crippen molar-refractivity contribution >= 4 is 29.0 Å². The highest BCUT2D eigenvalue weighted by atomic mass is 19.1. The Kier molecular flexibility index (Phi) is 4.08. The quantitative estimate of drug-likeness (QED) is 0.760. The highest BCUT2D eigenvalue weighted by Crippen LogP contribution is 2.24. The van der Waals surface area contributed by atoms with Gasteiger partial charge in [-0.25, -0.2) is 18.6 Å². The molecule has 24 heavy (non-hydrogen) atoms. The first-order valence-electron chi connectivity index (χ1n) is 7.23. The van der Waals surface area contributed by atoms with Crippen molar-refractivity contribution in [1.29, 1.82) is 0 Å². The van der Waals surface area contributed by atoms with Crippen LogP contribution in [0.5, 0.6) is 0 Å². The second kappa shape index (κ2) is 6.20. The Labute approximate surface area is 136 Å². The molecule has 0 saturated carbocycles. The molecular weight excluding hydrogens is 312 g/mol. The molecule has 3 aromatic rings. The predicted molar refractivity (Wildman–Crippen MR) is 88.7 cm³/mol. The van der Waals surface area contributed by atoms with Gasteiger partial charge in [-0.15, -0.1) is 0 Å². The molecule has 0 radical (unpaired) electrons. The lowest BCUT2D eigenvalue weighted by Gasteiger charge is -2.09. The van der Waals surface area contributed by atoms with Gasteiger partial charge < -0.3 is 5.11 Å². The van der Waals surface area contributed by atoms with Crippen LogP contribution in [0.2, 0.25) is 0 Å². The standard InChI is InChI=1S/C19H13F2NO2/c1-11-16(9-7-12-6-8-13(20)10-15(12)21)22-17-5-3-2-4-14(17)18(11)19(23)24/h2-10H,1H3,(H,23,24). The second-order valence-corrected chi connectivity index (χ2v) is 5.32. The third-order valence-electron chi connectivity index (χ3n) is 3.77.